The van der Waals surface area contributed by atoms with Crippen molar-refractivity contribution in [3.63, 3.8) is 0 Å². The van der Waals surface area contributed by atoms with Gasteiger partial charge >= 0.3 is 0 Å². The van der Waals surface area contributed by atoms with Gasteiger partial charge < -0.3 is 4.74 Å². The predicted molar refractivity (Wildman–Crippen MR) is 165 cm³/mol. The minimum absolute atomic E-state index is 0.913. The summed E-state index contributed by atoms with van der Waals surface area (Å²) in [5, 5.41) is 12.5. The van der Waals surface area contributed by atoms with E-state index in [1.165, 1.54) is 70.6 Å². The molecule has 0 N–H and O–H groups in total. The van der Waals surface area contributed by atoms with Crippen LogP contribution in [0.5, 0.6) is 11.5 Å². The monoisotopic (exact) mass is 494 g/mol. The molecule has 0 amide bonds. The molecular weight excluding hydrogens is 472 g/mol. The molecule has 39 heavy (non-hydrogen) atoms. The lowest BCUT2D eigenvalue weighted by atomic mass is 9.88. The van der Waals surface area contributed by atoms with E-state index in [1.807, 2.05) is 6.07 Å². The normalized spacial score (nSPS) is 12.3. The molecule has 0 radical (unpaired) electrons. The van der Waals surface area contributed by atoms with Gasteiger partial charge in [0.25, 0.3) is 0 Å². The fraction of sp³-hybridized carbons (Fsp3) is 0. The maximum absolute atomic E-state index is 6.44. The maximum Gasteiger partial charge on any atom is 0.136 e. The first-order valence-corrected chi connectivity index (χ1v) is 13.4. The lowest BCUT2D eigenvalue weighted by molar-refractivity contribution is 0.487. The third-order valence-corrected chi connectivity index (χ3v) is 8.35. The highest BCUT2D eigenvalue weighted by Crippen LogP contribution is 2.50. The third-order valence-electron chi connectivity index (χ3n) is 8.35. The third kappa shape index (κ3) is 3.02. The molecular formula is C38H22O. The molecule has 1 heteroatoms. The highest BCUT2D eigenvalue weighted by Gasteiger charge is 2.22. The lowest BCUT2D eigenvalue weighted by Crippen LogP contribution is -1.98. The second-order valence-corrected chi connectivity index (χ2v) is 10.6. The molecule has 0 unspecified atom stereocenters. The zero-order valence-corrected chi connectivity index (χ0v) is 21.1. The van der Waals surface area contributed by atoms with Crippen LogP contribution in [0.15, 0.2) is 133 Å². The van der Waals surface area contributed by atoms with E-state index in [4.69, 9.17) is 4.74 Å². The molecule has 0 aliphatic carbocycles. The van der Waals surface area contributed by atoms with Gasteiger partial charge in [0, 0.05) is 10.9 Å². The molecule has 8 aromatic rings. The second kappa shape index (κ2) is 7.69. The lowest BCUT2D eigenvalue weighted by Gasteiger charge is -2.23. The molecule has 0 saturated heterocycles. The standard InChI is InChI=1S/C38H22O/c1-3-9-30-23(7-1)13-16-27-17-24-14-15-25(18-28(24)19-33(27)30)29-20-34-31-10-4-2-8-26(31)22-37-38(34)35(21-29)32-11-5-6-12-36(32)39-37/h1-22H. The van der Waals surface area contributed by atoms with Gasteiger partial charge in [0.2, 0.25) is 0 Å². The molecule has 180 valence electrons. The topological polar surface area (TPSA) is 9.23 Å². The average Bonchev–Trinajstić information content (AvgIpc) is 2.99. The molecule has 1 heterocycles. The molecule has 0 bridgehead atoms. The van der Waals surface area contributed by atoms with Gasteiger partial charge in [-0.1, -0.05) is 91.0 Å². The van der Waals surface area contributed by atoms with Crippen molar-refractivity contribution in [3.05, 3.63) is 133 Å². The van der Waals surface area contributed by atoms with Crippen molar-refractivity contribution in [2.75, 3.05) is 0 Å². The van der Waals surface area contributed by atoms with E-state index in [0.29, 0.717) is 0 Å². The highest BCUT2D eigenvalue weighted by molar-refractivity contribution is 6.18. The van der Waals surface area contributed by atoms with Crippen LogP contribution in [0, 0.1) is 0 Å². The van der Waals surface area contributed by atoms with Crippen LogP contribution in [0.2, 0.25) is 0 Å². The number of hydrogen-bond donors (Lipinski definition) is 0. The summed E-state index contributed by atoms with van der Waals surface area (Å²) in [4.78, 5) is 0. The highest BCUT2D eigenvalue weighted by atomic mass is 16.5. The van der Waals surface area contributed by atoms with Crippen molar-refractivity contribution in [1.29, 1.82) is 0 Å². The summed E-state index contributed by atoms with van der Waals surface area (Å²) >= 11 is 0. The summed E-state index contributed by atoms with van der Waals surface area (Å²) in [6.45, 7) is 0. The first kappa shape index (κ1) is 20.9. The Morgan fingerprint density at radius 3 is 1.97 bits per heavy atom. The predicted octanol–water partition coefficient (Wildman–Crippen LogP) is 10.9. The summed E-state index contributed by atoms with van der Waals surface area (Å²) in [5.74, 6) is 1.84. The molecule has 0 aromatic heterocycles. The van der Waals surface area contributed by atoms with E-state index >= 15 is 0 Å². The smallest absolute Gasteiger partial charge is 0.136 e. The molecule has 0 atom stereocenters. The Labute approximate surface area is 225 Å². The van der Waals surface area contributed by atoms with Gasteiger partial charge in [-0.25, -0.2) is 0 Å². The Bertz CT molecular complexity index is 2310. The van der Waals surface area contributed by atoms with Crippen LogP contribution < -0.4 is 4.74 Å². The van der Waals surface area contributed by atoms with E-state index in [2.05, 4.69) is 127 Å². The van der Waals surface area contributed by atoms with Gasteiger partial charge in [-0.2, -0.15) is 0 Å². The fourth-order valence-electron chi connectivity index (χ4n) is 6.49. The van der Waals surface area contributed by atoms with Crippen LogP contribution >= 0.6 is 0 Å². The van der Waals surface area contributed by atoms with Crippen molar-refractivity contribution in [1.82, 2.24) is 0 Å². The first-order chi connectivity index (χ1) is 19.3. The number of para-hydroxylation sites is 1. The zero-order chi connectivity index (χ0) is 25.5. The molecule has 9 rings (SSSR count). The van der Waals surface area contributed by atoms with Crippen molar-refractivity contribution in [2.24, 2.45) is 0 Å². The number of rotatable bonds is 1. The van der Waals surface area contributed by atoms with Crippen LogP contribution in [0.1, 0.15) is 0 Å². The van der Waals surface area contributed by atoms with E-state index in [0.717, 1.165) is 17.1 Å². The van der Waals surface area contributed by atoms with E-state index in [-0.39, 0.29) is 0 Å². The van der Waals surface area contributed by atoms with Gasteiger partial charge in [0.15, 0.2) is 0 Å². The number of hydrogen-bond acceptors (Lipinski definition) is 1. The molecule has 1 nitrogen and oxygen atoms in total. The molecule has 1 aliphatic rings. The fourth-order valence-corrected chi connectivity index (χ4v) is 6.49. The second-order valence-electron chi connectivity index (χ2n) is 10.6. The van der Waals surface area contributed by atoms with Crippen molar-refractivity contribution in [3.8, 4) is 33.8 Å². The molecule has 0 saturated carbocycles. The van der Waals surface area contributed by atoms with Gasteiger partial charge in [0.1, 0.15) is 11.5 Å². The number of ether oxygens (including phenoxy) is 1. The minimum Gasteiger partial charge on any atom is -0.456 e. The minimum atomic E-state index is 0.913. The average molecular weight is 495 g/mol. The van der Waals surface area contributed by atoms with Crippen LogP contribution in [-0.2, 0) is 0 Å². The van der Waals surface area contributed by atoms with Gasteiger partial charge in [-0.15, -0.1) is 0 Å². The van der Waals surface area contributed by atoms with Crippen molar-refractivity contribution < 1.29 is 4.74 Å². The van der Waals surface area contributed by atoms with Crippen LogP contribution in [0.25, 0.3) is 76.1 Å². The van der Waals surface area contributed by atoms with E-state index in [9.17, 15) is 0 Å². The molecule has 1 aliphatic heterocycles. The summed E-state index contributed by atoms with van der Waals surface area (Å²) < 4.78 is 6.44. The Kier molecular flexibility index (Phi) is 4.11. The summed E-state index contributed by atoms with van der Waals surface area (Å²) in [6.07, 6.45) is 0. The number of benzene rings is 8. The largest absolute Gasteiger partial charge is 0.456 e. The van der Waals surface area contributed by atoms with Gasteiger partial charge in [-0.3, -0.25) is 0 Å². The Morgan fingerprint density at radius 1 is 0.333 bits per heavy atom. The quantitative estimate of drug-likeness (QED) is 0.163. The Morgan fingerprint density at radius 2 is 1.05 bits per heavy atom. The number of fused-ring (bicyclic) bond motifs is 8. The van der Waals surface area contributed by atoms with Crippen molar-refractivity contribution >= 4 is 53.9 Å². The van der Waals surface area contributed by atoms with E-state index in [1.54, 1.807) is 0 Å². The Hall–Kier alpha value is -5.14. The molecule has 0 spiro atoms. The summed E-state index contributed by atoms with van der Waals surface area (Å²) in [7, 11) is 0. The Balaban J connectivity index is 1.34. The summed E-state index contributed by atoms with van der Waals surface area (Å²) in [6, 6.07) is 48.5. The van der Waals surface area contributed by atoms with Gasteiger partial charge in [0.05, 0.1) is 0 Å². The first-order valence-electron chi connectivity index (χ1n) is 13.4. The van der Waals surface area contributed by atoms with Gasteiger partial charge in [-0.05, 0) is 108 Å². The molecule has 8 aromatic carbocycles. The SMILES string of the molecule is c1ccc2c(c1)Oc1cc3ccccc3c3cc(-c4ccc5cc6ccc7ccccc7c6cc5c4)cc-2c13. The van der Waals surface area contributed by atoms with Crippen LogP contribution in [0.3, 0.4) is 0 Å². The van der Waals surface area contributed by atoms with E-state index < -0.39 is 0 Å². The molecule has 0 fully saturated rings. The van der Waals surface area contributed by atoms with Crippen molar-refractivity contribution in [2.45, 2.75) is 0 Å². The summed E-state index contributed by atoms with van der Waals surface area (Å²) in [5.41, 5.74) is 4.82. The van der Waals surface area contributed by atoms with Crippen LogP contribution in [-0.4, -0.2) is 0 Å². The zero-order valence-electron chi connectivity index (χ0n) is 21.1. The maximum atomic E-state index is 6.44. The van der Waals surface area contributed by atoms with Crippen LogP contribution in [0.4, 0.5) is 0 Å².